The van der Waals surface area contributed by atoms with Crippen LogP contribution in [-0.2, 0) is 0 Å². The number of anilines is 1. The van der Waals surface area contributed by atoms with Crippen LogP contribution in [0.4, 0.5) is 10.1 Å². The molecular weight excluding hydrogens is 508 g/mol. The van der Waals surface area contributed by atoms with Gasteiger partial charge in [0, 0.05) is 55.7 Å². The van der Waals surface area contributed by atoms with Gasteiger partial charge in [0.15, 0.2) is 5.96 Å². The van der Waals surface area contributed by atoms with E-state index in [1.54, 1.807) is 35.2 Å². The molecule has 0 saturated carbocycles. The zero-order valence-corrected chi connectivity index (χ0v) is 19.9. The molecule has 0 amide bonds. The Kier molecular flexibility index (Phi) is 10.3. The zero-order chi connectivity index (χ0) is 18.9. The summed E-state index contributed by atoms with van der Waals surface area (Å²) in [6.07, 6.45) is 4.92. The molecule has 1 aliphatic rings. The van der Waals surface area contributed by atoms with E-state index in [4.69, 9.17) is 0 Å². The van der Waals surface area contributed by atoms with E-state index in [0.29, 0.717) is 6.04 Å². The van der Waals surface area contributed by atoms with Gasteiger partial charge in [-0.25, -0.2) is 9.37 Å². The summed E-state index contributed by atoms with van der Waals surface area (Å²) in [6, 6.07) is 7.24. The Labute approximate surface area is 191 Å². The lowest BCUT2D eigenvalue weighted by Crippen LogP contribution is -2.49. The van der Waals surface area contributed by atoms with Crippen LogP contribution >= 0.6 is 47.1 Å². The van der Waals surface area contributed by atoms with E-state index in [2.05, 4.69) is 25.5 Å². The Balaban J connectivity index is 0.00000280. The number of hydrogen-bond acceptors (Lipinski definition) is 5. The van der Waals surface area contributed by atoms with Crippen LogP contribution < -0.4 is 15.5 Å². The van der Waals surface area contributed by atoms with Crippen molar-refractivity contribution in [3.05, 3.63) is 41.7 Å². The van der Waals surface area contributed by atoms with Gasteiger partial charge in [0.25, 0.3) is 0 Å². The Morgan fingerprint density at radius 2 is 2.21 bits per heavy atom. The lowest BCUT2D eigenvalue weighted by molar-refractivity contribution is 0.461. The van der Waals surface area contributed by atoms with Crippen LogP contribution in [0.2, 0.25) is 0 Å². The third-order valence-electron chi connectivity index (χ3n) is 4.48. The number of thiazole rings is 1. The minimum absolute atomic E-state index is 0. The standard InChI is InChI=1S/C19H26FN5S2.HI/c1-21-18(22-8-3-12-26-19-23-9-13-27-19)24-16-6-10-25(11-7-16)17-5-2-4-15(20)14-17;/h2,4-5,9,13-14,16H,3,6-8,10-12H2,1H3,(H2,21,22,24);1H. The number of thioether (sulfide) groups is 1. The van der Waals surface area contributed by atoms with Gasteiger partial charge < -0.3 is 15.5 Å². The molecule has 28 heavy (non-hydrogen) atoms. The molecule has 5 nitrogen and oxygen atoms in total. The highest BCUT2D eigenvalue weighted by molar-refractivity contribution is 14.0. The summed E-state index contributed by atoms with van der Waals surface area (Å²) >= 11 is 3.48. The third kappa shape index (κ3) is 7.40. The minimum Gasteiger partial charge on any atom is -0.371 e. The van der Waals surface area contributed by atoms with E-state index in [9.17, 15) is 4.39 Å². The lowest BCUT2D eigenvalue weighted by Gasteiger charge is -2.34. The molecule has 1 aliphatic heterocycles. The normalized spacial score (nSPS) is 15.2. The first-order chi connectivity index (χ1) is 13.2. The van der Waals surface area contributed by atoms with E-state index < -0.39 is 0 Å². The predicted octanol–water partition coefficient (Wildman–Crippen LogP) is 4.22. The van der Waals surface area contributed by atoms with Gasteiger partial charge in [0.1, 0.15) is 10.2 Å². The number of rotatable bonds is 7. The van der Waals surface area contributed by atoms with Crippen LogP contribution in [0.25, 0.3) is 0 Å². The maximum atomic E-state index is 13.4. The molecular formula is C19H27FIN5S2. The first-order valence-electron chi connectivity index (χ1n) is 9.24. The van der Waals surface area contributed by atoms with Crippen molar-refractivity contribution in [2.45, 2.75) is 29.6 Å². The van der Waals surface area contributed by atoms with Gasteiger partial charge in [0.2, 0.25) is 0 Å². The molecule has 2 heterocycles. The molecule has 0 bridgehead atoms. The molecule has 1 aromatic heterocycles. The van der Waals surface area contributed by atoms with E-state index in [-0.39, 0.29) is 29.8 Å². The molecule has 0 aliphatic carbocycles. The quantitative estimate of drug-likeness (QED) is 0.183. The fourth-order valence-corrected chi connectivity index (χ4v) is 4.71. The molecule has 0 spiro atoms. The first kappa shape index (κ1) is 23.2. The zero-order valence-electron chi connectivity index (χ0n) is 15.9. The molecule has 9 heteroatoms. The molecule has 0 unspecified atom stereocenters. The summed E-state index contributed by atoms with van der Waals surface area (Å²) in [4.78, 5) is 10.9. The fraction of sp³-hybridized carbons (Fsp3) is 0.474. The van der Waals surface area contributed by atoms with Crippen LogP contribution in [0.3, 0.4) is 0 Å². The van der Waals surface area contributed by atoms with Crippen LogP contribution in [0.15, 0.2) is 45.2 Å². The van der Waals surface area contributed by atoms with Crippen molar-refractivity contribution in [2.75, 3.05) is 37.3 Å². The maximum Gasteiger partial charge on any atom is 0.191 e. The minimum atomic E-state index is -0.176. The summed E-state index contributed by atoms with van der Waals surface area (Å²) in [5, 5.41) is 8.91. The Bertz CT molecular complexity index is 721. The summed E-state index contributed by atoms with van der Waals surface area (Å²) in [5.74, 6) is 1.73. The highest BCUT2D eigenvalue weighted by Crippen LogP contribution is 2.21. The van der Waals surface area contributed by atoms with Gasteiger partial charge in [-0.15, -0.1) is 35.3 Å². The topological polar surface area (TPSA) is 52.6 Å². The number of piperidine rings is 1. The second kappa shape index (κ2) is 12.5. The third-order valence-corrected chi connectivity index (χ3v) is 6.53. The van der Waals surface area contributed by atoms with E-state index in [1.807, 2.05) is 24.7 Å². The van der Waals surface area contributed by atoms with Gasteiger partial charge in [-0.05, 0) is 37.5 Å². The van der Waals surface area contributed by atoms with Crippen LogP contribution in [-0.4, -0.2) is 49.4 Å². The van der Waals surface area contributed by atoms with E-state index >= 15 is 0 Å². The van der Waals surface area contributed by atoms with Crippen molar-refractivity contribution in [1.29, 1.82) is 0 Å². The second-order valence-electron chi connectivity index (χ2n) is 6.38. The van der Waals surface area contributed by atoms with Crippen molar-refractivity contribution in [3.63, 3.8) is 0 Å². The van der Waals surface area contributed by atoms with Crippen LogP contribution in [0, 0.1) is 5.82 Å². The maximum absolute atomic E-state index is 13.4. The van der Waals surface area contributed by atoms with Gasteiger partial charge in [-0.3, -0.25) is 4.99 Å². The van der Waals surface area contributed by atoms with Crippen molar-refractivity contribution in [3.8, 4) is 0 Å². The molecule has 3 rings (SSSR count). The second-order valence-corrected chi connectivity index (χ2v) is 8.62. The highest BCUT2D eigenvalue weighted by atomic mass is 127. The van der Waals surface area contributed by atoms with Crippen molar-refractivity contribution < 1.29 is 4.39 Å². The van der Waals surface area contributed by atoms with E-state index in [1.165, 1.54) is 6.07 Å². The molecule has 154 valence electrons. The van der Waals surface area contributed by atoms with Gasteiger partial charge in [-0.2, -0.15) is 0 Å². The van der Waals surface area contributed by atoms with Gasteiger partial charge in [0.05, 0.1) is 0 Å². The highest BCUT2D eigenvalue weighted by Gasteiger charge is 2.20. The summed E-state index contributed by atoms with van der Waals surface area (Å²) in [5.41, 5.74) is 0.966. The molecule has 2 aromatic rings. The molecule has 0 radical (unpaired) electrons. The largest absolute Gasteiger partial charge is 0.371 e. The monoisotopic (exact) mass is 535 g/mol. The number of guanidine groups is 1. The Hall–Kier alpha value is -1.07. The van der Waals surface area contributed by atoms with Crippen molar-refractivity contribution >= 4 is 58.7 Å². The van der Waals surface area contributed by atoms with Gasteiger partial charge in [-0.1, -0.05) is 17.8 Å². The SMILES string of the molecule is CN=C(NCCCSc1nccs1)NC1CCN(c2cccc(F)c2)CC1.I. The summed E-state index contributed by atoms with van der Waals surface area (Å²) in [7, 11) is 1.81. The molecule has 1 fully saturated rings. The summed E-state index contributed by atoms with van der Waals surface area (Å²) < 4.78 is 14.5. The fourth-order valence-electron chi connectivity index (χ4n) is 3.06. The average molecular weight is 535 g/mol. The number of hydrogen-bond donors (Lipinski definition) is 2. The van der Waals surface area contributed by atoms with Gasteiger partial charge >= 0.3 is 0 Å². The Morgan fingerprint density at radius 1 is 1.39 bits per heavy atom. The summed E-state index contributed by atoms with van der Waals surface area (Å²) in [6.45, 7) is 2.73. The number of benzene rings is 1. The molecule has 1 aromatic carbocycles. The van der Waals surface area contributed by atoms with Crippen LogP contribution in [0.5, 0.6) is 0 Å². The average Bonchev–Trinajstić information content (AvgIpc) is 3.21. The number of aromatic nitrogens is 1. The smallest absolute Gasteiger partial charge is 0.191 e. The number of aliphatic imine (C=N–C) groups is 1. The van der Waals surface area contributed by atoms with Crippen molar-refractivity contribution in [1.82, 2.24) is 15.6 Å². The number of halogens is 2. The predicted molar refractivity (Wildman–Crippen MR) is 129 cm³/mol. The molecule has 2 N–H and O–H groups in total. The number of nitrogens with one attached hydrogen (secondary N) is 2. The Morgan fingerprint density at radius 3 is 2.89 bits per heavy atom. The van der Waals surface area contributed by atoms with E-state index in [0.717, 1.165) is 60.6 Å². The van der Waals surface area contributed by atoms with Crippen LogP contribution in [0.1, 0.15) is 19.3 Å². The number of nitrogens with zero attached hydrogens (tertiary/aromatic N) is 3. The lowest BCUT2D eigenvalue weighted by atomic mass is 10.0. The molecule has 1 saturated heterocycles. The molecule has 0 atom stereocenters. The first-order valence-corrected chi connectivity index (χ1v) is 11.1. The van der Waals surface area contributed by atoms with Crippen molar-refractivity contribution in [2.24, 2.45) is 4.99 Å².